The monoisotopic (exact) mass is 446 g/mol. The molecular weight excluding hydrogens is 416 g/mol. The van der Waals surface area contributed by atoms with Crippen molar-refractivity contribution in [1.29, 1.82) is 0 Å². The smallest absolute Gasteiger partial charge is 0.326 e. The quantitative estimate of drug-likeness (QED) is 0.128. The van der Waals surface area contributed by atoms with E-state index >= 15 is 0 Å². The van der Waals surface area contributed by atoms with E-state index in [-0.39, 0.29) is 12.3 Å². The van der Waals surface area contributed by atoms with Gasteiger partial charge in [-0.15, -0.1) is 0 Å². The van der Waals surface area contributed by atoms with Gasteiger partial charge < -0.3 is 43.4 Å². The Bertz CT molecular complexity index is 698. The first kappa shape index (κ1) is 27.7. The summed E-state index contributed by atoms with van der Waals surface area (Å²) in [6.45, 7) is 2.57. The van der Waals surface area contributed by atoms with Gasteiger partial charge in [-0.25, -0.2) is 4.79 Å². The Morgan fingerprint density at radius 2 is 1.23 bits per heavy atom. The molecule has 31 heavy (non-hydrogen) atoms. The summed E-state index contributed by atoms with van der Waals surface area (Å²) in [4.78, 5) is 70.2. The molecule has 4 unspecified atom stereocenters. The van der Waals surface area contributed by atoms with Crippen molar-refractivity contribution in [2.75, 3.05) is 6.61 Å². The van der Waals surface area contributed by atoms with Crippen LogP contribution < -0.4 is 33.2 Å². The van der Waals surface area contributed by atoms with Gasteiger partial charge in [-0.3, -0.25) is 24.0 Å². The summed E-state index contributed by atoms with van der Waals surface area (Å²) in [5.74, 6) is -6.25. The summed E-state index contributed by atoms with van der Waals surface area (Å²) in [6.07, 6.45) is -1.09. The number of nitrogens with two attached hydrogens (primary N) is 3. The molecule has 0 heterocycles. The maximum Gasteiger partial charge on any atom is 0.326 e. The first-order valence-corrected chi connectivity index (χ1v) is 9.35. The standard InChI is InChI=1S/C17H30N6O8/c1-7(2)3-10(17(30)31)22-15(28)9(5-13(20)26)21-16(29)11(6-24)23-14(27)8(18)4-12(19)25/h7-11,24H,3-6,18H2,1-2H3,(H2,19,25)(H2,20,26)(H,21,29)(H,22,28)(H,23,27)(H,30,31). The second-order valence-corrected chi connectivity index (χ2v) is 7.28. The molecule has 0 aromatic carbocycles. The molecular formula is C17H30N6O8. The highest BCUT2D eigenvalue weighted by Crippen LogP contribution is 2.06. The number of aliphatic hydroxyl groups excluding tert-OH is 1. The van der Waals surface area contributed by atoms with E-state index in [1.165, 1.54) is 0 Å². The second kappa shape index (κ2) is 13.1. The first-order chi connectivity index (χ1) is 14.3. The molecule has 0 saturated carbocycles. The maximum absolute atomic E-state index is 12.5. The lowest BCUT2D eigenvalue weighted by atomic mass is 10.0. The Hall–Kier alpha value is -3.26. The van der Waals surface area contributed by atoms with Crippen molar-refractivity contribution in [2.45, 2.75) is 57.3 Å². The predicted octanol–water partition coefficient (Wildman–Crippen LogP) is -4.36. The number of aliphatic carboxylic acids is 1. The van der Waals surface area contributed by atoms with Gasteiger partial charge in [0.15, 0.2) is 0 Å². The van der Waals surface area contributed by atoms with Gasteiger partial charge >= 0.3 is 5.97 Å². The second-order valence-electron chi connectivity index (χ2n) is 7.28. The molecule has 0 aromatic heterocycles. The minimum Gasteiger partial charge on any atom is -0.480 e. The Labute approximate surface area is 178 Å². The van der Waals surface area contributed by atoms with Gasteiger partial charge in [0.25, 0.3) is 0 Å². The molecule has 0 aliphatic heterocycles. The van der Waals surface area contributed by atoms with E-state index in [0.29, 0.717) is 0 Å². The van der Waals surface area contributed by atoms with Gasteiger partial charge in [0, 0.05) is 0 Å². The molecule has 11 N–H and O–H groups in total. The van der Waals surface area contributed by atoms with Crippen LogP contribution in [0.25, 0.3) is 0 Å². The lowest BCUT2D eigenvalue weighted by molar-refractivity contribution is -0.143. The molecule has 0 bridgehead atoms. The number of carbonyl (C=O) groups excluding carboxylic acids is 5. The summed E-state index contributed by atoms with van der Waals surface area (Å²) in [7, 11) is 0. The van der Waals surface area contributed by atoms with Crippen molar-refractivity contribution in [1.82, 2.24) is 16.0 Å². The third kappa shape index (κ3) is 10.9. The minimum absolute atomic E-state index is 0.0795. The summed E-state index contributed by atoms with van der Waals surface area (Å²) in [5.41, 5.74) is 15.5. The number of rotatable bonds is 14. The summed E-state index contributed by atoms with van der Waals surface area (Å²) in [5, 5.41) is 25.0. The molecule has 14 heteroatoms. The van der Waals surface area contributed by atoms with Crippen LogP contribution in [0.4, 0.5) is 0 Å². The van der Waals surface area contributed by atoms with E-state index in [0.717, 1.165) is 0 Å². The lowest BCUT2D eigenvalue weighted by Gasteiger charge is -2.24. The van der Waals surface area contributed by atoms with Crippen molar-refractivity contribution < 1.29 is 39.0 Å². The van der Waals surface area contributed by atoms with E-state index in [4.69, 9.17) is 17.2 Å². The fraction of sp³-hybridized carbons (Fsp3) is 0.647. The number of hydrogen-bond acceptors (Lipinski definition) is 8. The number of carboxylic acid groups (broad SMARTS) is 1. The Kier molecular flexibility index (Phi) is 11.7. The summed E-state index contributed by atoms with van der Waals surface area (Å²) < 4.78 is 0. The zero-order valence-electron chi connectivity index (χ0n) is 17.3. The molecule has 0 aliphatic carbocycles. The number of carboxylic acids is 1. The van der Waals surface area contributed by atoms with Crippen LogP contribution in [0, 0.1) is 5.92 Å². The SMILES string of the molecule is CC(C)CC(NC(=O)C(CC(N)=O)NC(=O)C(CO)NC(=O)C(N)CC(N)=O)C(=O)O. The van der Waals surface area contributed by atoms with Crippen molar-refractivity contribution in [3.05, 3.63) is 0 Å². The van der Waals surface area contributed by atoms with Gasteiger partial charge in [0.05, 0.1) is 25.5 Å². The number of carbonyl (C=O) groups is 6. The van der Waals surface area contributed by atoms with Crippen molar-refractivity contribution in [3.63, 3.8) is 0 Å². The molecule has 176 valence electrons. The average Bonchev–Trinajstić information content (AvgIpc) is 2.62. The number of hydrogen-bond donors (Lipinski definition) is 8. The van der Waals surface area contributed by atoms with Crippen molar-refractivity contribution >= 4 is 35.5 Å². The van der Waals surface area contributed by atoms with E-state index < -0.39 is 79.1 Å². The molecule has 0 rings (SSSR count). The van der Waals surface area contributed by atoms with Gasteiger partial charge in [-0.1, -0.05) is 13.8 Å². The van der Waals surface area contributed by atoms with Gasteiger partial charge in [-0.2, -0.15) is 0 Å². The van der Waals surface area contributed by atoms with Crippen LogP contribution in [0.15, 0.2) is 0 Å². The molecule has 4 atom stereocenters. The fourth-order valence-electron chi connectivity index (χ4n) is 2.43. The third-order valence-electron chi connectivity index (χ3n) is 3.93. The average molecular weight is 446 g/mol. The third-order valence-corrected chi connectivity index (χ3v) is 3.93. The van der Waals surface area contributed by atoms with Crippen LogP contribution >= 0.6 is 0 Å². The molecule has 0 saturated heterocycles. The number of primary amides is 2. The van der Waals surface area contributed by atoms with Crippen LogP contribution in [0.5, 0.6) is 0 Å². The lowest BCUT2D eigenvalue weighted by Crippen LogP contribution is -2.58. The van der Waals surface area contributed by atoms with Crippen LogP contribution in [-0.2, 0) is 28.8 Å². The Morgan fingerprint density at radius 1 is 0.774 bits per heavy atom. The normalized spacial score (nSPS) is 14.6. The van der Waals surface area contributed by atoms with E-state index in [1.807, 2.05) is 0 Å². The van der Waals surface area contributed by atoms with Crippen LogP contribution in [-0.4, -0.2) is 76.5 Å². The van der Waals surface area contributed by atoms with Gasteiger partial charge in [0.2, 0.25) is 29.5 Å². The first-order valence-electron chi connectivity index (χ1n) is 9.35. The highest BCUT2D eigenvalue weighted by Gasteiger charge is 2.31. The predicted molar refractivity (Wildman–Crippen MR) is 106 cm³/mol. The molecule has 0 radical (unpaired) electrons. The van der Waals surface area contributed by atoms with E-state index in [9.17, 15) is 39.0 Å². The van der Waals surface area contributed by atoms with E-state index in [1.54, 1.807) is 13.8 Å². The van der Waals surface area contributed by atoms with Gasteiger partial charge in [-0.05, 0) is 12.3 Å². The number of amides is 5. The van der Waals surface area contributed by atoms with Crippen molar-refractivity contribution in [2.24, 2.45) is 23.1 Å². The molecule has 0 aromatic rings. The van der Waals surface area contributed by atoms with Crippen LogP contribution in [0.1, 0.15) is 33.1 Å². The van der Waals surface area contributed by atoms with Gasteiger partial charge in [0.1, 0.15) is 18.1 Å². The number of aliphatic hydroxyl groups is 1. The largest absolute Gasteiger partial charge is 0.480 e. The molecule has 0 spiro atoms. The summed E-state index contributed by atoms with van der Waals surface area (Å²) >= 11 is 0. The molecule has 0 fully saturated rings. The maximum atomic E-state index is 12.5. The molecule has 0 aliphatic rings. The zero-order valence-corrected chi connectivity index (χ0v) is 17.3. The topological polar surface area (TPSA) is 257 Å². The highest BCUT2D eigenvalue weighted by molar-refractivity contribution is 5.96. The molecule has 14 nitrogen and oxygen atoms in total. The Morgan fingerprint density at radius 3 is 1.65 bits per heavy atom. The zero-order chi connectivity index (χ0) is 24.3. The highest BCUT2D eigenvalue weighted by atomic mass is 16.4. The summed E-state index contributed by atoms with van der Waals surface area (Å²) in [6, 6.07) is -5.80. The van der Waals surface area contributed by atoms with Crippen LogP contribution in [0.3, 0.4) is 0 Å². The number of nitrogens with one attached hydrogen (secondary N) is 3. The fourth-order valence-corrected chi connectivity index (χ4v) is 2.43. The van der Waals surface area contributed by atoms with E-state index in [2.05, 4.69) is 16.0 Å². The van der Waals surface area contributed by atoms with Crippen molar-refractivity contribution in [3.8, 4) is 0 Å². The Balaban J connectivity index is 5.29. The minimum atomic E-state index is -1.58. The van der Waals surface area contributed by atoms with Crippen LogP contribution in [0.2, 0.25) is 0 Å². The molecule has 5 amide bonds.